The largest absolute Gasteiger partial charge is 0.492 e. The van der Waals surface area contributed by atoms with Gasteiger partial charge in [-0.2, -0.15) is 0 Å². The van der Waals surface area contributed by atoms with Crippen molar-refractivity contribution < 1.29 is 14.2 Å². The Morgan fingerprint density at radius 1 is 1.07 bits per heavy atom. The standard InChI is InChI=1S/C20H36N4O3/c1-5-21-20(22-11-8-13-26-16-15-25-4)23-17-18-9-6-7-10-19(18)27-14-12-24(2)3/h6-7,9-10H,5,8,11-17H2,1-4H3,(H2,21,22,23). The van der Waals surface area contributed by atoms with Crippen LogP contribution in [0.4, 0.5) is 0 Å². The van der Waals surface area contributed by atoms with Crippen molar-refractivity contribution in [1.29, 1.82) is 0 Å². The summed E-state index contributed by atoms with van der Waals surface area (Å²) < 4.78 is 16.3. The molecule has 27 heavy (non-hydrogen) atoms. The Labute approximate surface area is 164 Å². The van der Waals surface area contributed by atoms with Crippen molar-refractivity contribution in [3.05, 3.63) is 29.8 Å². The van der Waals surface area contributed by atoms with Crippen LogP contribution in [0, 0.1) is 0 Å². The Balaban J connectivity index is 2.47. The lowest BCUT2D eigenvalue weighted by atomic mass is 10.2. The van der Waals surface area contributed by atoms with E-state index in [1.165, 1.54) is 0 Å². The highest BCUT2D eigenvalue weighted by Gasteiger charge is 2.04. The molecule has 0 aromatic heterocycles. The quantitative estimate of drug-likeness (QED) is 0.291. The van der Waals surface area contributed by atoms with Crippen LogP contribution in [-0.2, 0) is 16.0 Å². The lowest BCUT2D eigenvalue weighted by Gasteiger charge is -2.14. The van der Waals surface area contributed by atoms with Gasteiger partial charge in [0, 0.05) is 38.9 Å². The molecule has 0 saturated carbocycles. The van der Waals surface area contributed by atoms with Crippen molar-refractivity contribution >= 4 is 5.96 Å². The van der Waals surface area contributed by atoms with Gasteiger partial charge in [-0.3, -0.25) is 0 Å². The van der Waals surface area contributed by atoms with Gasteiger partial charge < -0.3 is 29.7 Å². The van der Waals surface area contributed by atoms with Gasteiger partial charge in [0.25, 0.3) is 0 Å². The van der Waals surface area contributed by atoms with Crippen LogP contribution in [0.2, 0.25) is 0 Å². The highest BCUT2D eigenvalue weighted by Crippen LogP contribution is 2.18. The van der Waals surface area contributed by atoms with Crippen LogP contribution in [0.15, 0.2) is 29.3 Å². The number of hydrogen-bond donors (Lipinski definition) is 2. The van der Waals surface area contributed by atoms with E-state index in [2.05, 4.69) is 33.5 Å². The minimum absolute atomic E-state index is 0.567. The van der Waals surface area contributed by atoms with E-state index in [4.69, 9.17) is 14.2 Å². The van der Waals surface area contributed by atoms with Crippen LogP contribution in [0.3, 0.4) is 0 Å². The van der Waals surface area contributed by atoms with Crippen molar-refractivity contribution in [3.8, 4) is 5.75 Å². The molecule has 154 valence electrons. The third-order valence-corrected chi connectivity index (χ3v) is 3.71. The molecule has 1 aromatic rings. The maximum absolute atomic E-state index is 5.91. The molecule has 0 unspecified atom stereocenters. The number of guanidine groups is 1. The van der Waals surface area contributed by atoms with Gasteiger partial charge in [-0.25, -0.2) is 4.99 Å². The number of nitrogens with one attached hydrogen (secondary N) is 2. The average Bonchev–Trinajstić information content (AvgIpc) is 2.66. The van der Waals surface area contributed by atoms with Gasteiger partial charge in [0.1, 0.15) is 12.4 Å². The average molecular weight is 381 g/mol. The van der Waals surface area contributed by atoms with Crippen LogP contribution in [0.1, 0.15) is 18.9 Å². The molecule has 0 aliphatic heterocycles. The topological polar surface area (TPSA) is 67.4 Å². The van der Waals surface area contributed by atoms with Gasteiger partial charge in [-0.05, 0) is 33.5 Å². The third kappa shape index (κ3) is 11.5. The number of aliphatic imine (C=N–C) groups is 1. The van der Waals surface area contributed by atoms with Gasteiger partial charge in [0.15, 0.2) is 5.96 Å². The fourth-order valence-electron chi connectivity index (χ4n) is 2.24. The molecule has 0 bridgehead atoms. The highest BCUT2D eigenvalue weighted by atomic mass is 16.5. The van der Waals surface area contributed by atoms with Crippen LogP contribution < -0.4 is 15.4 Å². The summed E-state index contributed by atoms with van der Waals surface area (Å²) in [5.74, 6) is 1.70. The van der Waals surface area contributed by atoms with E-state index >= 15 is 0 Å². The van der Waals surface area contributed by atoms with Gasteiger partial charge in [0.05, 0.1) is 19.8 Å². The van der Waals surface area contributed by atoms with Gasteiger partial charge >= 0.3 is 0 Å². The van der Waals surface area contributed by atoms with Crippen molar-refractivity contribution in [2.24, 2.45) is 4.99 Å². The molecular formula is C20H36N4O3. The van der Waals surface area contributed by atoms with Crippen molar-refractivity contribution in [3.63, 3.8) is 0 Å². The maximum Gasteiger partial charge on any atom is 0.191 e. The summed E-state index contributed by atoms with van der Waals surface area (Å²) in [5, 5.41) is 6.61. The molecule has 0 saturated heterocycles. The second kappa shape index (κ2) is 15.2. The van der Waals surface area contributed by atoms with E-state index in [9.17, 15) is 0 Å². The number of likely N-dealkylation sites (N-methyl/N-ethyl adjacent to an activating group) is 1. The Bertz CT molecular complexity index is 524. The number of para-hydroxylation sites is 1. The molecule has 7 nitrogen and oxygen atoms in total. The zero-order valence-corrected chi connectivity index (χ0v) is 17.3. The van der Waals surface area contributed by atoms with E-state index < -0.39 is 0 Å². The van der Waals surface area contributed by atoms with Crippen LogP contribution >= 0.6 is 0 Å². The summed E-state index contributed by atoms with van der Waals surface area (Å²) in [4.78, 5) is 6.78. The molecule has 0 radical (unpaired) electrons. The predicted molar refractivity (Wildman–Crippen MR) is 111 cm³/mol. The van der Waals surface area contributed by atoms with Gasteiger partial charge in [0.2, 0.25) is 0 Å². The molecular weight excluding hydrogens is 344 g/mol. The first-order valence-corrected chi connectivity index (χ1v) is 9.61. The molecule has 0 fully saturated rings. The Morgan fingerprint density at radius 3 is 2.63 bits per heavy atom. The number of hydrogen-bond acceptors (Lipinski definition) is 5. The summed E-state index contributed by atoms with van der Waals surface area (Å²) in [5.41, 5.74) is 1.08. The SMILES string of the molecule is CCNC(=NCc1ccccc1OCCN(C)C)NCCCOCCOC. The minimum Gasteiger partial charge on any atom is -0.492 e. The van der Waals surface area contributed by atoms with E-state index in [1.807, 2.05) is 32.3 Å². The van der Waals surface area contributed by atoms with Crippen LogP contribution in [-0.4, -0.2) is 78.1 Å². The van der Waals surface area contributed by atoms with Crippen molar-refractivity contribution in [2.45, 2.75) is 19.9 Å². The lowest BCUT2D eigenvalue weighted by molar-refractivity contribution is 0.0698. The zero-order chi connectivity index (χ0) is 19.7. The molecule has 2 N–H and O–H groups in total. The molecule has 7 heteroatoms. The van der Waals surface area contributed by atoms with E-state index in [-0.39, 0.29) is 0 Å². The Kier molecular flexibility index (Phi) is 13.1. The first-order chi connectivity index (χ1) is 13.2. The molecule has 0 aliphatic carbocycles. The van der Waals surface area contributed by atoms with E-state index in [0.717, 1.165) is 43.3 Å². The number of ether oxygens (including phenoxy) is 3. The first-order valence-electron chi connectivity index (χ1n) is 9.61. The van der Waals surface area contributed by atoms with E-state index in [0.29, 0.717) is 33.0 Å². The highest BCUT2D eigenvalue weighted by molar-refractivity contribution is 5.79. The summed E-state index contributed by atoms with van der Waals surface area (Å²) in [6.07, 6.45) is 0.915. The normalized spacial score (nSPS) is 11.7. The summed E-state index contributed by atoms with van der Waals surface area (Å²) in [6, 6.07) is 8.06. The number of rotatable bonds is 14. The third-order valence-electron chi connectivity index (χ3n) is 3.71. The lowest BCUT2D eigenvalue weighted by Crippen LogP contribution is -2.38. The zero-order valence-electron chi connectivity index (χ0n) is 17.3. The molecule has 0 aliphatic rings. The molecule has 0 heterocycles. The molecule has 1 aromatic carbocycles. The molecule has 0 spiro atoms. The van der Waals surface area contributed by atoms with Crippen molar-refractivity contribution in [1.82, 2.24) is 15.5 Å². The second-order valence-corrected chi connectivity index (χ2v) is 6.34. The van der Waals surface area contributed by atoms with Gasteiger partial charge in [-0.1, -0.05) is 18.2 Å². The van der Waals surface area contributed by atoms with Crippen LogP contribution in [0.25, 0.3) is 0 Å². The first kappa shape index (κ1) is 23.2. The minimum atomic E-state index is 0.567. The molecule has 0 amide bonds. The molecule has 1 rings (SSSR count). The number of benzene rings is 1. The fourth-order valence-corrected chi connectivity index (χ4v) is 2.24. The summed E-state index contributed by atoms with van der Waals surface area (Å²) in [7, 11) is 5.75. The molecule has 0 atom stereocenters. The maximum atomic E-state index is 5.91. The van der Waals surface area contributed by atoms with Gasteiger partial charge in [-0.15, -0.1) is 0 Å². The monoisotopic (exact) mass is 380 g/mol. The summed E-state index contributed by atoms with van der Waals surface area (Å²) >= 11 is 0. The number of methoxy groups -OCH3 is 1. The number of nitrogens with zero attached hydrogens (tertiary/aromatic N) is 2. The van der Waals surface area contributed by atoms with Crippen molar-refractivity contribution in [2.75, 3.05) is 67.3 Å². The Morgan fingerprint density at radius 2 is 1.89 bits per heavy atom. The van der Waals surface area contributed by atoms with E-state index in [1.54, 1.807) is 7.11 Å². The second-order valence-electron chi connectivity index (χ2n) is 6.34. The summed E-state index contributed by atoms with van der Waals surface area (Å²) in [6.45, 7) is 7.77. The van der Waals surface area contributed by atoms with Crippen LogP contribution in [0.5, 0.6) is 5.75 Å². The fraction of sp³-hybridized carbons (Fsp3) is 0.650. The Hall–Kier alpha value is -1.83. The predicted octanol–water partition coefficient (Wildman–Crippen LogP) is 1.74. The smallest absolute Gasteiger partial charge is 0.191 e.